The number of methoxy groups -OCH3 is 1. The highest BCUT2D eigenvalue weighted by Crippen LogP contribution is 2.20. The molecule has 1 aromatic heterocycles. The Hall–Kier alpha value is -1.90. The van der Waals surface area contributed by atoms with Crippen LogP contribution in [0.1, 0.15) is 11.3 Å². The van der Waals surface area contributed by atoms with Crippen LogP contribution >= 0.6 is 11.8 Å². The van der Waals surface area contributed by atoms with Gasteiger partial charge in [0.25, 0.3) is 0 Å². The summed E-state index contributed by atoms with van der Waals surface area (Å²) in [4.78, 5) is 4.35. The van der Waals surface area contributed by atoms with Gasteiger partial charge in [-0.15, -0.1) is 6.42 Å². The van der Waals surface area contributed by atoms with Crippen molar-refractivity contribution in [3.8, 4) is 18.1 Å². The molecule has 1 aromatic carbocycles. The minimum absolute atomic E-state index is 0.0702. The molecule has 2 aromatic rings. The number of imidazole rings is 1. The third-order valence-electron chi connectivity index (χ3n) is 2.75. The maximum Gasteiger partial charge on any atom is 0.169 e. The number of nitrogens with zero attached hydrogens (tertiary/aromatic N) is 2. The monoisotopic (exact) mass is 288 g/mol. The normalized spacial score (nSPS) is 10.2. The van der Waals surface area contributed by atoms with Crippen molar-refractivity contribution < 1.29 is 9.84 Å². The summed E-state index contributed by atoms with van der Waals surface area (Å²) in [5, 5.41) is 10.0. The van der Waals surface area contributed by atoms with Crippen molar-refractivity contribution in [1.29, 1.82) is 0 Å². The third kappa shape index (κ3) is 3.56. The van der Waals surface area contributed by atoms with Crippen LogP contribution in [0.2, 0.25) is 0 Å². The van der Waals surface area contributed by atoms with Gasteiger partial charge < -0.3 is 14.4 Å². The van der Waals surface area contributed by atoms with Crippen molar-refractivity contribution in [3.05, 3.63) is 41.7 Å². The molecule has 1 N–H and O–H groups in total. The van der Waals surface area contributed by atoms with E-state index in [0.717, 1.165) is 16.5 Å². The van der Waals surface area contributed by atoms with Crippen LogP contribution in [0.25, 0.3) is 0 Å². The second-order valence-electron chi connectivity index (χ2n) is 4.14. The van der Waals surface area contributed by atoms with Crippen molar-refractivity contribution in [3.63, 3.8) is 0 Å². The first kappa shape index (κ1) is 14.5. The topological polar surface area (TPSA) is 47.3 Å². The standard InChI is InChI=1S/C15H16N2O2S/c1-3-8-20-15-16-13(11-18)10-17(15)9-12-4-6-14(19-2)7-5-12/h1,4-7,10,18H,8-9,11H2,2H3. The van der Waals surface area contributed by atoms with E-state index in [2.05, 4.69) is 10.9 Å². The molecule has 0 amide bonds. The van der Waals surface area contributed by atoms with E-state index in [0.29, 0.717) is 18.0 Å². The molecule has 0 aliphatic carbocycles. The molecule has 0 atom stereocenters. The number of benzene rings is 1. The van der Waals surface area contributed by atoms with Crippen LogP contribution in [-0.2, 0) is 13.2 Å². The third-order valence-corrected chi connectivity index (χ3v) is 3.64. The number of ether oxygens (including phenoxy) is 1. The van der Waals surface area contributed by atoms with Crippen LogP contribution in [0.4, 0.5) is 0 Å². The lowest BCUT2D eigenvalue weighted by molar-refractivity contribution is 0.277. The Labute approximate surface area is 122 Å². The number of aliphatic hydroxyl groups excluding tert-OH is 1. The van der Waals surface area contributed by atoms with E-state index in [-0.39, 0.29) is 6.61 Å². The summed E-state index contributed by atoms with van der Waals surface area (Å²) in [5.74, 6) is 3.97. The Bertz CT molecular complexity index is 599. The second kappa shape index (κ2) is 7.04. The SMILES string of the molecule is C#CCSc1nc(CO)cn1Cc1ccc(OC)cc1. The largest absolute Gasteiger partial charge is 0.497 e. The summed E-state index contributed by atoms with van der Waals surface area (Å²) >= 11 is 1.49. The summed E-state index contributed by atoms with van der Waals surface area (Å²) < 4.78 is 7.13. The van der Waals surface area contributed by atoms with Gasteiger partial charge in [-0.05, 0) is 17.7 Å². The van der Waals surface area contributed by atoms with Crippen LogP contribution in [0.15, 0.2) is 35.6 Å². The summed E-state index contributed by atoms with van der Waals surface area (Å²) in [6.45, 7) is 0.614. The molecule has 0 aliphatic rings. The zero-order chi connectivity index (χ0) is 14.4. The van der Waals surface area contributed by atoms with E-state index in [9.17, 15) is 5.11 Å². The molecule has 1 heterocycles. The highest BCUT2D eigenvalue weighted by molar-refractivity contribution is 7.99. The quantitative estimate of drug-likeness (QED) is 0.653. The Morgan fingerprint density at radius 3 is 2.75 bits per heavy atom. The summed E-state index contributed by atoms with van der Waals surface area (Å²) in [7, 11) is 1.65. The van der Waals surface area contributed by atoms with Crippen LogP contribution < -0.4 is 4.74 Å². The highest BCUT2D eigenvalue weighted by atomic mass is 32.2. The van der Waals surface area contributed by atoms with Gasteiger partial charge in [0.2, 0.25) is 0 Å². The number of terminal acetylenes is 1. The fourth-order valence-corrected chi connectivity index (χ4v) is 2.47. The predicted molar refractivity (Wildman–Crippen MR) is 79.8 cm³/mol. The lowest BCUT2D eigenvalue weighted by atomic mass is 10.2. The summed E-state index contributed by atoms with van der Waals surface area (Å²) in [5.41, 5.74) is 1.79. The molecule has 0 aliphatic heterocycles. The predicted octanol–water partition coefficient (Wildman–Crippen LogP) is 2.16. The minimum atomic E-state index is -0.0702. The highest BCUT2D eigenvalue weighted by Gasteiger charge is 2.08. The Kier molecular flexibility index (Phi) is 5.10. The number of aromatic nitrogens is 2. The van der Waals surface area contributed by atoms with E-state index in [4.69, 9.17) is 11.2 Å². The van der Waals surface area contributed by atoms with Crippen LogP contribution in [0.5, 0.6) is 5.75 Å². The van der Waals surface area contributed by atoms with Gasteiger partial charge in [0, 0.05) is 12.7 Å². The van der Waals surface area contributed by atoms with Gasteiger partial charge in [0.1, 0.15) is 5.75 Å². The van der Waals surface area contributed by atoms with Gasteiger partial charge >= 0.3 is 0 Å². The van der Waals surface area contributed by atoms with Gasteiger partial charge in [-0.3, -0.25) is 0 Å². The maximum absolute atomic E-state index is 9.19. The number of rotatable bonds is 6. The Balaban J connectivity index is 2.17. The molecule has 0 saturated carbocycles. The van der Waals surface area contributed by atoms with Crippen LogP contribution in [-0.4, -0.2) is 27.5 Å². The van der Waals surface area contributed by atoms with Crippen molar-refractivity contribution in [2.45, 2.75) is 18.3 Å². The molecule has 20 heavy (non-hydrogen) atoms. The van der Waals surface area contributed by atoms with E-state index < -0.39 is 0 Å². The van der Waals surface area contributed by atoms with E-state index in [1.54, 1.807) is 7.11 Å². The molecule has 0 saturated heterocycles. The molecule has 2 rings (SSSR count). The number of hydrogen-bond acceptors (Lipinski definition) is 4. The average molecular weight is 288 g/mol. The number of aliphatic hydroxyl groups is 1. The van der Waals surface area contributed by atoms with Crippen LogP contribution in [0, 0.1) is 12.3 Å². The molecule has 0 bridgehead atoms. The fourth-order valence-electron chi connectivity index (χ4n) is 1.79. The van der Waals surface area contributed by atoms with Crippen molar-refractivity contribution in [2.75, 3.05) is 12.9 Å². The molecular formula is C15H16N2O2S. The fraction of sp³-hybridized carbons (Fsp3) is 0.267. The van der Waals surface area contributed by atoms with Gasteiger partial charge in [-0.25, -0.2) is 4.98 Å². The first-order valence-corrected chi connectivity index (χ1v) is 7.11. The van der Waals surface area contributed by atoms with E-state index in [1.165, 1.54) is 11.8 Å². The van der Waals surface area contributed by atoms with E-state index >= 15 is 0 Å². The summed E-state index contributed by atoms with van der Waals surface area (Å²) in [6.07, 6.45) is 7.13. The minimum Gasteiger partial charge on any atom is -0.497 e. The molecule has 0 spiro atoms. The van der Waals surface area contributed by atoms with Crippen LogP contribution in [0.3, 0.4) is 0 Å². The first-order valence-electron chi connectivity index (χ1n) is 6.13. The van der Waals surface area contributed by atoms with Crippen molar-refractivity contribution >= 4 is 11.8 Å². The number of thioether (sulfide) groups is 1. The van der Waals surface area contributed by atoms with Gasteiger partial charge in [-0.1, -0.05) is 29.8 Å². The maximum atomic E-state index is 9.19. The van der Waals surface area contributed by atoms with E-state index in [1.807, 2.05) is 35.0 Å². The zero-order valence-corrected chi connectivity index (χ0v) is 12.1. The summed E-state index contributed by atoms with van der Waals surface area (Å²) in [6, 6.07) is 7.86. The molecule has 5 heteroatoms. The molecule has 104 valence electrons. The van der Waals surface area contributed by atoms with Gasteiger partial charge in [-0.2, -0.15) is 0 Å². The van der Waals surface area contributed by atoms with Gasteiger partial charge in [0.15, 0.2) is 5.16 Å². The smallest absolute Gasteiger partial charge is 0.169 e. The number of hydrogen-bond donors (Lipinski definition) is 1. The van der Waals surface area contributed by atoms with Gasteiger partial charge in [0.05, 0.1) is 25.2 Å². The second-order valence-corrected chi connectivity index (χ2v) is 5.08. The molecule has 0 fully saturated rings. The molecule has 4 nitrogen and oxygen atoms in total. The molecular weight excluding hydrogens is 272 g/mol. The molecule has 0 radical (unpaired) electrons. The van der Waals surface area contributed by atoms with Crippen molar-refractivity contribution in [1.82, 2.24) is 9.55 Å². The Morgan fingerprint density at radius 2 is 2.15 bits per heavy atom. The zero-order valence-electron chi connectivity index (χ0n) is 11.2. The Morgan fingerprint density at radius 1 is 1.40 bits per heavy atom. The first-order chi connectivity index (χ1) is 9.76. The van der Waals surface area contributed by atoms with Crippen molar-refractivity contribution in [2.24, 2.45) is 0 Å². The lowest BCUT2D eigenvalue weighted by Crippen LogP contribution is -2.00. The average Bonchev–Trinajstić information content (AvgIpc) is 2.88. The lowest BCUT2D eigenvalue weighted by Gasteiger charge is -2.07. The molecule has 0 unspecified atom stereocenters.